The predicted octanol–water partition coefficient (Wildman–Crippen LogP) is 2.01. The minimum absolute atomic E-state index is 0.00584. The number of aromatic nitrogens is 4. The molecule has 0 atom stereocenters. The smallest absolute Gasteiger partial charge is 0.376 e. The predicted molar refractivity (Wildman–Crippen MR) is 67.5 cm³/mol. The standard InChI is InChI=1S/C11H14N4O2S/c1-11(2,3)10-12-6(5-18-10)7-13-8(15-14-7)9(16)17-4/h5H,1-4H3,(H,13,14,15). The maximum atomic E-state index is 11.2. The van der Waals surface area contributed by atoms with Crippen LogP contribution in [0.1, 0.15) is 36.4 Å². The van der Waals surface area contributed by atoms with Gasteiger partial charge < -0.3 is 9.72 Å². The van der Waals surface area contributed by atoms with E-state index in [1.54, 1.807) is 11.3 Å². The Labute approximate surface area is 108 Å². The van der Waals surface area contributed by atoms with Gasteiger partial charge in [0.25, 0.3) is 0 Å². The first-order chi connectivity index (χ1) is 8.41. The van der Waals surface area contributed by atoms with Crippen molar-refractivity contribution in [3.05, 3.63) is 16.2 Å². The highest BCUT2D eigenvalue weighted by Gasteiger charge is 2.20. The molecule has 0 spiro atoms. The number of methoxy groups -OCH3 is 1. The third-order valence-corrected chi connectivity index (χ3v) is 3.52. The largest absolute Gasteiger partial charge is 0.463 e. The number of H-pyrrole nitrogens is 1. The molecule has 2 heterocycles. The Hall–Kier alpha value is -1.76. The molecule has 0 aliphatic carbocycles. The van der Waals surface area contributed by atoms with Crippen molar-refractivity contribution < 1.29 is 9.53 Å². The van der Waals surface area contributed by atoms with Crippen LogP contribution in [0.5, 0.6) is 0 Å². The van der Waals surface area contributed by atoms with E-state index in [0.717, 1.165) is 5.01 Å². The van der Waals surface area contributed by atoms with Gasteiger partial charge in [0.05, 0.1) is 12.1 Å². The molecule has 2 rings (SSSR count). The van der Waals surface area contributed by atoms with Crippen LogP contribution in [-0.4, -0.2) is 33.2 Å². The molecule has 0 amide bonds. The highest BCUT2D eigenvalue weighted by Crippen LogP contribution is 2.28. The Bertz CT molecular complexity index is 568. The number of thiazole rings is 1. The van der Waals surface area contributed by atoms with Crippen molar-refractivity contribution in [1.29, 1.82) is 0 Å². The fraction of sp³-hybridized carbons (Fsp3) is 0.455. The molecule has 0 radical (unpaired) electrons. The summed E-state index contributed by atoms with van der Waals surface area (Å²) >= 11 is 1.56. The van der Waals surface area contributed by atoms with Gasteiger partial charge in [-0.15, -0.1) is 21.5 Å². The van der Waals surface area contributed by atoms with Crippen LogP contribution < -0.4 is 0 Å². The van der Waals surface area contributed by atoms with Crippen molar-refractivity contribution in [3.8, 4) is 11.5 Å². The number of nitrogens with zero attached hydrogens (tertiary/aromatic N) is 3. The number of nitrogens with one attached hydrogen (secondary N) is 1. The SMILES string of the molecule is COC(=O)c1nnc(-c2csc(C(C)(C)C)n2)[nH]1. The molecule has 7 heteroatoms. The first-order valence-corrected chi connectivity index (χ1v) is 6.27. The van der Waals surface area contributed by atoms with Crippen LogP contribution in [0.25, 0.3) is 11.5 Å². The average Bonchev–Trinajstić information content (AvgIpc) is 2.94. The van der Waals surface area contributed by atoms with Crippen LogP contribution >= 0.6 is 11.3 Å². The number of esters is 1. The van der Waals surface area contributed by atoms with E-state index in [4.69, 9.17) is 0 Å². The molecule has 2 aromatic rings. The molecule has 6 nitrogen and oxygen atoms in total. The van der Waals surface area contributed by atoms with E-state index in [1.807, 2.05) is 5.38 Å². The zero-order chi connectivity index (χ0) is 13.3. The third-order valence-electron chi connectivity index (χ3n) is 2.25. The molecule has 0 aliphatic rings. The van der Waals surface area contributed by atoms with Crippen LogP contribution in [0, 0.1) is 0 Å². The molecule has 96 valence electrons. The Morgan fingerprint density at radius 2 is 2.11 bits per heavy atom. The number of hydrogen-bond acceptors (Lipinski definition) is 6. The summed E-state index contributed by atoms with van der Waals surface area (Å²) in [7, 11) is 1.30. The zero-order valence-corrected chi connectivity index (χ0v) is 11.5. The topological polar surface area (TPSA) is 80.8 Å². The fourth-order valence-corrected chi connectivity index (χ4v) is 2.19. The van der Waals surface area contributed by atoms with Gasteiger partial charge in [-0.05, 0) is 0 Å². The lowest BCUT2D eigenvalue weighted by atomic mass is 9.98. The van der Waals surface area contributed by atoms with Gasteiger partial charge in [0.2, 0.25) is 5.82 Å². The second kappa shape index (κ2) is 4.49. The lowest BCUT2D eigenvalue weighted by Gasteiger charge is -2.13. The molecule has 0 bridgehead atoms. The number of rotatable bonds is 2. The molecule has 0 saturated carbocycles. The summed E-state index contributed by atoms with van der Waals surface area (Å²) in [5, 5.41) is 10.5. The van der Waals surface area contributed by atoms with Gasteiger partial charge in [0.1, 0.15) is 5.69 Å². The Morgan fingerprint density at radius 3 is 2.67 bits per heavy atom. The van der Waals surface area contributed by atoms with Gasteiger partial charge in [0, 0.05) is 10.8 Å². The third kappa shape index (κ3) is 2.40. The fourth-order valence-electron chi connectivity index (χ4n) is 1.29. The van der Waals surface area contributed by atoms with Crippen LogP contribution in [-0.2, 0) is 10.2 Å². The van der Waals surface area contributed by atoms with Gasteiger partial charge in [-0.25, -0.2) is 9.78 Å². The summed E-state index contributed by atoms with van der Waals surface area (Å²) < 4.78 is 4.55. The highest BCUT2D eigenvalue weighted by atomic mass is 32.1. The Balaban J connectivity index is 2.30. The van der Waals surface area contributed by atoms with Gasteiger partial charge >= 0.3 is 5.97 Å². The number of carbonyl (C=O) groups excluding carboxylic acids is 1. The lowest BCUT2D eigenvalue weighted by Crippen LogP contribution is -2.10. The zero-order valence-electron chi connectivity index (χ0n) is 10.6. The van der Waals surface area contributed by atoms with E-state index in [0.29, 0.717) is 11.5 Å². The van der Waals surface area contributed by atoms with E-state index >= 15 is 0 Å². The maximum Gasteiger partial charge on any atom is 0.376 e. The second-order valence-electron chi connectivity index (χ2n) is 4.80. The summed E-state index contributed by atoms with van der Waals surface area (Å²) in [5.41, 5.74) is 0.682. The summed E-state index contributed by atoms with van der Waals surface area (Å²) in [5.74, 6) is 0.0139. The minimum atomic E-state index is -0.542. The molecule has 2 aromatic heterocycles. The van der Waals surface area contributed by atoms with Crippen molar-refractivity contribution in [2.24, 2.45) is 0 Å². The lowest BCUT2D eigenvalue weighted by molar-refractivity contribution is 0.0587. The summed E-state index contributed by atoms with van der Waals surface area (Å²) in [6, 6.07) is 0. The molecule has 0 aromatic carbocycles. The minimum Gasteiger partial charge on any atom is -0.463 e. The van der Waals surface area contributed by atoms with Gasteiger partial charge in [-0.3, -0.25) is 0 Å². The van der Waals surface area contributed by atoms with Gasteiger partial charge in [-0.2, -0.15) is 0 Å². The maximum absolute atomic E-state index is 11.2. The number of aromatic amines is 1. The van der Waals surface area contributed by atoms with E-state index in [1.165, 1.54) is 7.11 Å². The van der Waals surface area contributed by atoms with E-state index in [-0.39, 0.29) is 11.2 Å². The monoisotopic (exact) mass is 266 g/mol. The Morgan fingerprint density at radius 1 is 1.39 bits per heavy atom. The number of hydrogen-bond donors (Lipinski definition) is 1. The number of carbonyl (C=O) groups is 1. The van der Waals surface area contributed by atoms with Gasteiger partial charge in [-0.1, -0.05) is 20.8 Å². The molecule has 1 N–H and O–H groups in total. The highest BCUT2D eigenvalue weighted by molar-refractivity contribution is 7.10. The average molecular weight is 266 g/mol. The molecule has 0 fully saturated rings. The van der Waals surface area contributed by atoms with E-state index in [2.05, 4.69) is 45.7 Å². The second-order valence-corrected chi connectivity index (χ2v) is 5.66. The molecular formula is C11H14N4O2S. The molecule has 0 unspecified atom stereocenters. The van der Waals surface area contributed by atoms with Crippen molar-refractivity contribution >= 4 is 17.3 Å². The molecule has 0 aliphatic heterocycles. The molecule has 0 saturated heterocycles. The van der Waals surface area contributed by atoms with Gasteiger partial charge in [0.15, 0.2) is 5.82 Å². The summed E-state index contributed by atoms with van der Waals surface area (Å²) in [4.78, 5) is 18.5. The van der Waals surface area contributed by atoms with Crippen LogP contribution in [0.3, 0.4) is 0 Å². The first-order valence-electron chi connectivity index (χ1n) is 5.39. The van der Waals surface area contributed by atoms with Crippen LogP contribution in [0.2, 0.25) is 0 Å². The molecule has 18 heavy (non-hydrogen) atoms. The van der Waals surface area contributed by atoms with Crippen molar-refractivity contribution in [3.63, 3.8) is 0 Å². The quantitative estimate of drug-likeness (QED) is 0.841. The summed E-state index contributed by atoms with van der Waals surface area (Å²) in [6.45, 7) is 6.28. The normalized spacial score (nSPS) is 11.6. The number of ether oxygens (including phenoxy) is 1. The van der Waals surface area contributed by atoms with Crippen molar-refractivity contribution in [2.45, 2.75) is 26.2 Å². The van der Waals surface area contributed by atoms with E-state index in [9.17, 15) is 4.79 Å². The first kappa shape index (κ1) is 12.7. The van der Waals surface area contributed by atoms with E-state index < -0.39 is 5.97 Å². The summed E-state index contributed by atoms with van der Waals surface area (Å²) in [6.07, 6.45) is 0. The van der Waals surface area contributed by atoms with Crippen LogP contribution in [0.15, 0.2) is 5.38 Å². The van der Waals surface area contributed by atoms with Crippen molar-refractivity contribution in [1.82, 2.24) is 20.2 Å². The van der Waals surface area contributed by atoms with Crippen LogP contribution in [0.4, 0.5) is 0 Å². The Kier molecular flexibility index (Phi) is 3.16. The molecular weight excluding hydrogens is 252 g/mol. The van der Waals surface area contributed by atoms with Crippen molar-refractivity contribution in [2.75, 3.05) is 7.11 Å².